The first-order chi connectivity index (χ1) is 13.1. The number of hydrogen-bond acceptors (Lipinski definition) is 6. The van der Waals surface area contributed by atoms with E-state index in [0.717, 1.165) is 19.3 Å². The van der Waals surface area contributed by atoms with E-state index in [1.54, 1.807) is 23.9 Å². The highest BCUT2D eigenvalue weighted by Crippen LogP contribution is 2.25. The summed E-state index contributed by atoms with van der Waals surface area (Å²) in [5.74, 6) is -0.828. The molecule has 0 spiro atoms. The largest absolute Gasteiger partial charge is 0.459 e. The number of hydrogen-bond donors (Lipinski definition) is 2. The molecule has 2 atom stereocenters. The van der Waals surface area contributed by atoms with E-state index in [-0.39, 0.29) is 35.8 Å². The molecule has 1 saturated heterocycles. The molecule has 0 bridgehead atoms. The van der Waals surface area contributed by atoms with Gasteiger partial charge in [-0.1, -0.05) is 0 Å². The number of nitrogens with zero attached hydrogens (tertiary/aromatic N) is 3. The van der Waals surface area contributed by atoms with Gasteiger partial charge in [0.15, 0.2) is 11.5 Å². The molecule has 2 aromatic rings. The van der Waals surface area contributed by atoms with Gasteiger partial charge in [0.1, 0.15) is 6.23 Å². The fourth-order valence-electron chi connectivity index (χ4n) is 2.80. The van der Waals surface area contributed by atoms with E-state index in [1.807, 2.05) is 6.07 Å². The van der Waals surface area contributed by atoms with E-state index in [1.165, 1.54) is 12.3 Å². The molecule has 2 N–H and O–H groups in total. The van der Waals surface area contributed by atoms with Gasteiger partial charge < -0.3 is 19.8 Å². The molecule has 3 heterocycles. The fourth-order valence-corrected chi connectivity index (χ4v) is 2.80. The monoisotopic (exact) mass is 371 g/mol. The lowest BCUT2D eigenvalue weighted by molar-refractivity contribution is -0.0395. The third-order valence-electron chi connectivity index (χ3n) is 4.17. The zero-order valence-corrected chi connectivity index (χ0v) is 15.0. The van der Waals surface area contributed by atoms with E-state index in [2.05, 4.69) is 15.7 Å². The molecule has 2 amide bonds. The van der Waals surface area contributed by atoms with Crippen molar-refractivity contribution < 1.29 is 18.7 Å². The first-order valence-electron chi connectivity index (χ1n) is 8.82. The summed E-state index contributed by atoms with van der Waals surface area (Å²) in [5.41, 5.74) is 0.320. The van der Waals surface area contributed by atoms with Gasteiger partial charge in [-0.05, 0) is 38.3 Å². The van der Waals surface area contributed by atoms with Crippen molar-refractivity contribution in [3.63, 3.8) is 0 Å². The Kier molecular flexibility index (Phi) is 5.88. The number of aromatic nitrogens is 2. The van der Waals surface area contributed by atoms with Gasteiger partial charge in [-0.2, -0.15) is 10.4 Å². The smallest absolute Gasteiger partial charge is 0.291 e. The molecule has 9 nitrogen and oxygen atoms in total. The van der Waals surface area contributed by atoms with Crippen LogP contribution in [-0.4, -0.2) is 34.2 Å². The lowest BCUT2D eigenvalue weighted by Crippen LogP contribution is -2.33. The topological polar surface area (TPSA) is 122 Å². The van der Waals surface area contributed by atoms with Crippen molar-refractivity contribution in [3.05, 3.63) is 36.0 Å². The molecule has 1 aliphatic rings. The minimum absolute atomic E-state index is 0.0638. The highest BCUT2D eigenvalue weighted by molar-refractivity contribution is 6.07. The van der Waals surface area contributed by atoms with Gasteiger partial charge in [-0.25, -0.2) is 4.68 Å². The van der Waals surface area contributed by atoms with Gasteiger partial charge in [-0.15, -0.1) is 0 Å². The van der Waals surface area contributed by atoms with E-state index in [0.29, 0.717) is 6.61 Å². The standard InChI is InChI=1S/C18H21N5O4/c1-12(7-8-19)20-18(25)16-13(21-17(24)14-5-4-10-26-14)11-23(22-16)15-6-2-3-9-27-15/h4-5,10-12,15H,2-3,6-7,9H2,1H3,(H,20,25)(H,21,24)/t12-,15?/m1/s1. The van der Waals surface area contributed by atoms with Crippen LogP contribution in [0.3, 0.4) is 0 Å². The fraction of sp³-hybridized carbons (Fsp3) is 0.444. The van der Waals surface area contributed by atoms with Crippen LogP contribution in [0.2, 0.25) is 0 Å². The number of anilines is 1. The molecule has 142 valence electrons. The summed E-state index contributed by atoms with van der Waals surface area (Å²) in [6.07, 6.45) is 5.63. The van der Waals surface area contributed by atoms with Crippen LogP contribution in [0.5, 0.6) is 0 Å². The Morgan fingerprint density at radius 3 is 2.96 bits per heavy atom. The Labute approximate surface area is 156 Å². The van der Waals surface area contributed by atoms with Crippen LogP contribution in [0.15, 0.2) is 29.0 Å². The van der Waals surface area contributed by atoms with E-state index in [9.17, 15) is 9.59 Å². The van der Waals surface area contributed by atoms with Crippen LogP contribution < -0.4 is 10.6 Å². The van der Waals surface area contributed by atoms with Gasteiger partial charge in [0.2, 0.25) is 0 Å². The lowest BCUT2D eigenvalue weighted by Gasteiger charge is -2.22. The predicted octanol–water partition coefficient (Wildman–Crippen LogP) is 2.46. The van der Waals surface area contributed by atoms with Crippen LogP contribution in [0.4, 0.5) is 5.69 Å². The summed E-state index contributed by atoms with van der Waals surface area (Å²) >= 11 is 0. The van der Waals surface area contributed by atoms with E-state index < -0.39 is 11.8 Å². The van der Waals surface area contributed by atoms with Gasteiger partial charge in [0.05, 0.1) is 30.6 Å². The Balaban J connectivity index is 1.84. The van der Waals surface area contributed by atoms with Crippen LogP contribution in [0.1, 0.15) is 59.9 Å². The van der Waals surface area contributed by atoms with E-state index in [4.69, 9.17) is 14.4 Å². The molecular formula is C18H21N5O4. The number of carbonyl (C=O) groups excluding carboxylic acids is 2. The zero-order chi connectivity index (χ0) is 19.2. The Morgan fingerprint density at radius 1 is 1.44 bits per heavy atom. The van der Waals surface area contributed by atoms with Crippen LogP contribution in [-0.2, 0) is 4.74 Å². The second kappa shape index (κ2) is 8.51. The molecule has 2 aromatic heterocycles. The van der Waals surface area contributed by atoms with Crippen LogP contribution in [0, 0.1) is 11.3 Å². The highest BCUT2D eigenvalue weighted by Gasteiger charge is 2.25. The number of rotatable bonds is 6. The van der Waals surface area contributed by atoms with Gasteiger partial charge in [0, 0.05) is 12.6 Å². The second-order valence-electron chi connectivity index (χ2n) is 6.36. The summed E-state index contributed by atoms with van der Waals surface area (Å²) in [4.78, 5) is 24.9. The van der Waals surface area contributed by atoms with Crippen molar-refractivity contribution in [3.8, 4) is 6.07 Å². The van der Waals surface area contributed by atoms with Crippen LogP contribution >= 0.6 is 0 Å². The highest BCUT2D eigenvalue weighted by atomic mass is 16.5. The third-order valence-corrected chi connectivity index (χ3v) is 4.17. The lowest BCUT2D eigenvalue weighted by atomic mass is 10.2. The van der Waals surface area contributed by atoms with E-state index >= 15 is 0 Å². The SMILES string of the molecule is C[C@H](CC#N)NC(=O)c1nn(C2CCCCO2)cc1NC(=O)c1ccco1. The van der Waals surface area contributed by atoms with Crippen molar-refractivity contribution in [2.45, 2.75) is 44.9 Å². The van der Waals surface area contributed by atoms with Gasteiger partial charge >= 0.3 is 0 Å². The molecule has 0 saturated carbocycles. The molecule has 1 fully saturated rings. The number of furan rings is 1. The second-order valence-corrected chi connectivity index (χ2v) is 6.36. The maximum absolute atomic E-state index is 12.6. The average molecular weight is 371 g/mol. The van der Waals surface area contributed by atoms with Gasteiger partial charge in [0.25, 0.3) is 11.8 Å². The summed E-state index contributed by atoms with van der Waals surface area (Å²) in [7, 11) is 0. The molecule has 3 rings (SSSR count). The first kappa shape index (κ1) is 18.7. The molecule has 27 heavy (non-hydrogen) atoms. The van der Waals surface area contributed by atoms with Crippen molar-refractivity contribution in [1.29, 1.82) is 5.26 Å². The van der Waals surface area contributed by atoms with Gasteiger partial charge in [-0.3, -0.25) is 9.59 Å². The maximum atomic E-state index is 12.6. The minimum Gasteiger partial charge on any atom is -0.459 e. The summed E-state index contributed by atoms with van der Waals surface area (Å²) in [6.45, 7) is 2.35. The number of nitriles is 1. The molecule has 0 aliphatic carbocycles. The number of ether oxygens (including phenoxy) is 1. The van der Waals surface area contributed by atoms with Crippen LogP contribution in [0.25, 0.3) is 0 Å². The Bertz CT molecular complexity index is 831. The normalized spacial score (nSPS) is 17.7. The zero-order valence-electron chi connectivity index (χ0n) is 15.0. The molecule has 0 radical (unpaired) electrons. The Morgan fingerprint density at radius 2 is 2.30 bits per heavy atom. The molecule has 0 aromatic carbocycles. The Hall–Kier alpha value is -3.12. The molecule has 1 unspecified atom stereocenters. The number of amides is 2. The average Bonchev–Trinajstić information content (AvgIpc) is 3.33. The summed E-state index contributed by atoms with van der Waals surface area (Å²) in [5, 5.41) is 18.5. The quantitative estimate of drug-likeness (QED) is 0.804. The molecular weight excluding hydrogens is 350 g/mol. The van der Waals surface area contributed by atoms with Crippen molar-refractivity contribution in [2.24, 2.45) is 0 Å². The maximum Gasteiger partial charge on any atom is 0.291 e. The first-order valence-corrected chi connectivity index (χ1v) is 8.82. The molecule has 9 heteroatoms. The van der Waals surface area contributed by atoms with Crippen molar-refractivity contribution in [1.82, 2.24) is 15.1 Å². The number of nitrogens with one attached hydrogen (secondary N) is 2. The minimum atomic E-state index is -0.483. The summed E-state index contributed by atoms with van der Waals surface area (Å²) in [6, 6.07) is 4.79. The summed E-state index contributed by atoms with van der Waals surface area (Å²) < 4.78 is 12.3. The van der Waals surface area contributed by atoms with Crippen molar-refractivity contribution >= 4 is 17.5 Å². The van der Waals surface area contributed by atoms with Crippen molar-refractivity contribution in [2.75, 3.05) is 11.9 Å². The number of carbonyl (C=O) groups is 2. The predicted molar refractivity (Wildman–Crippen MR) is 94.9 cm³/mol. The third kappa shape index (κ3) is 4.54. The molecule has 1 aliphatic heterocycles.